The van der Waals surface area contributed by atoms with Crippen LogP contribution in [-0.4, -0.2) is 16.0 Å². The molecule has 0 unspecified atom stereocenters. The molecule has 1 aromatic rings. The molecule has 0 spiro atoms. The Balaban J connectivity index is 1.86. The lowest BCUT2D eigenvalue weighted by atomic mass is 9.80. The van der Waals surface area contributed by atoms with Gasteiger partial charge in [0.25, 0.3) is 0 Å². The van der Waals surface area contributed by atoms with Crippen LogP contribution in [0.5, 0.6) is 0 Å². The van der Waals surface area contributed by atoms with Gasteiger partial charge in [0.2, 0.25) is 0 Å². The Kier molecular flexibility index (Phi) is 4.14. The molecule has 2 rings (SSSR count). The maximum atomic E-state index is 8.66. The maximum absolute atomic E-state index is 8.66. The highest BCUT2D eigenvalue weighted by molar-refractivity contribution is 5.34. The predicted octanol–water partition coefficient (Wildman–Crippen LogP) is 2.97. The second-order valence-corrected chi connectivity index (χ2v) is 5.40. The molecule has 4 nitrogen and oxygen atoms in total. The highest BCUT2D eigenvalue weighted by Gasteiger charge is 2.23. The smallest absolute Gasteiger partial charge is 0.158 e. The van der Waals surface area contributed by atoms with Crippen molar-refractivity contribution in [2.45, 2.75) is 45.6 Å². The van der Waals surface area contributed by atoms with E-state index in [1.165, 1.54) is 31.9 Å². The Morgan fingerprint density at radius 2 is 1.94 bits per heavy atom. The van der Waals surface area contributed by atoms with Crippen LogP contribution in [0.25, 0.3) is 0 Å². The minimum Gasteiger partial charge on any atom is -0.366 e. The van der Waals surface area contributed by atoms with E-state index in [9.17, 15) is 0 Å². The second kappa shape index (κ2) is 5.81. The van der Waals surface area contributed by atoms with Crippen molar-refractivity contribution >= 4 is 5.82 Å². The zero-order valence-corrected chi connectivity index (χ0v) is 11.1. The first-order valence-corrected chi connectivity index (χ1v) is 6.67. The summed E-state index contributed by atoms with van der Waals surface area (Å²) in [6.45, 7) is 4.62. The minimum absolute atomic E-state index is 0.365. The molecule has 1 saturated carbocycles. The molecular weight excluding hydrogens is 224 g/mol. The molecular formula is C14H20N4. The third-order valence-electron chi connectivity index (χ3n) is 3.83. The lowest BCUT2D eigenvalue weighted by Crippen LogP contribution is -2.28. The van der Waals surface area contributed by atoms with E-state index in [2.05, 4.69) is 29.1 Å². The predicted molar refractivity (Wildman–Crippen MR) is 71.0 cm³/mol. The number of hydrogen-bond donors (Lipinski definition) is 1. The van der Waals surface area contributed by atoms with Crippen molar-refractivity contribution in [3.8, 4) is 6.07 Å². The molecule has 4 heteroatoms. The fourth-order valence-electron chi connectivity index (χ4n) is 2.60. The molecule has 0 aliphatic heterocycles. The van der Waals surface area contributed by atoms with Crippen LogP contribution in [0.4, 0.5) is 5.82 Å². The molecule has 18 heavy (non-hydrogen) atoms. The van der Waals surface area contributed by atoms with Gasteiger partial charge in [0.1, 0.15) is 11.9 Å². The van der Waals surface area contributed by atoms with E-state index in [-0.39, 0.29) is 0 Å². The van der Waals surface area contributed by atoms with Crippen LogP contribution in [0.2, 0.25) is 0 Å². The van der Waals surface area contributed by atoms with E-state index < -0.39 is 0 Å². The minimum atomic E-state index is 0.365. The zero-order chi connectivity index (χ0) is 13.0. The summed E-state index contributed by atoms with van der Waals surface area (Å²) < 4.78 is 0. The van der Waals surface area contributed by atoms with E-state index in [1.807, 2.05) is 6.07 Å². The van der Waals surface area contributed by atoms with Gasteiger partial charge in [0.05, 0.1) is 12.4 Å². The van der Waals surface area contributed by atoms with Crippen LogP contribution in [0.15, 0.2) is 12.4 Å². The van der Waals surface area contributed by atoms with Crippen molar-refractivity contribution in [3.05, 3.63) is 18.1 Å². The number of nitrogens with one attached hydrogen (secondary N) is 1. The average molecular weight is 244 g/mol. The topological polar surface area (TPSA) is 61.6 Å². The van der Waals surface area contributed by atoms with Crippen LogP contribution in [0.1, 0.15) is 45.2 Å². The third-order valence-corrected chi connectivity index (χ3v) is 3.83. The van der Waals surface area contributed by atoms with Crippen molar-refractivity contribution in [2.24, 2.45) is 11.8 Å². The summed E-state index contributed by atoms with van der Waals surface area (Å²) in [6.07, 6.45) is 8.14. The van der Waals surface area contributed by atoms with Gasteiger partial charge in [-0.15, -0.1) is 0 Å². The lowest BCUT2D eigenvalue weighted by Gasteiger charge is -2.31. The van der Waals surface area contributed by atoms with Crippen molar-refractivity contribution in [2.75, 3.05) is 5.32 Å². The first-order valence-electron chi connectivity index (χ1n) is 6.67. The van der Waals surface area contributed by atoms with Gasteiger partial charge in [-0.1, -0.05) is 13.8 Å². The van der Waals surface area contributed by atoms with E-state index in [0.717, 1.165) is 17.7 Å². The fraction of sp³-hybridized carbons (Fsp3) is 0.643. The quantitative estimate of drug-likeness (QED) is 0.888. The number of hydrogen-bond acceptors (Lipinski definition) is 4. The van der Waals surface area contributed by atoms with Gasteiger partial charge in [-0.25, -0.2) is 9.97 Å². The summed E-state index contributed by atoms with van der Waals surface area (Å²) in [5, 5.41) is 12.1. The Labute approximate surface area is 108 Å². The molecule has 1 aromatic heterocycles. The fourth-order valence-corrected chi connectivity index (χ4v) is 2.60. The maximum Gasteiger partial charge on any atom is 0.158 e. The number of nitrogens with zero attached hydrogens (tertiary/aromatic N) is 3. The standard InChI is InChI=1S/C14H20N4/c1-10(2)11-3-5-12(6-4-11)18-14-9-16-13(7-15)8-17-14/h8-12H,3-6H2,1-2H3,(H,17,18). The van der Waals surface area contributed by atoms with Gasteiger partial charge in [0.15, 0.2) is 5.69 Å². The molecule has 1 N–H and O–H groups in total. The molecule has 1 aliphatic carbocycles. The zero-order valence-electron chi connectivity index (χ0n) is 11.1. The van der Waals surface area contributed by atoms with Gasteiger partial charge in [-0.3, -0.25) is 0 Å². The molecule has 0 aromatic carbocycles. The van der Waals surface area contributed by atoms with E-state index in [1.54, 1.807) is 6.20 Å². The van der Waals surface area contributed by atoms with Crippen LogP contribution in [0.3, 0.4) is 0 Å². The molecule has 1 heterocycles. The van der Waals surface area contributed by atoms with Gasteiger partial charge < -0.3 is 5.32 Å². The van der Waals surface area contributed by atoms with E-state index in [0.29, 0.717) is 11.7 Å². The van der Waals surface area contributed by atoms with Gasteiger partial charge >= 0.3 is 0 Å². The van der Waals surface area contributed by atoms with E-state index in [4.69, 9.17) is 5.26 Å². The number of anilines is 1. The van der Waals surface area contributed by atoms with Crippen molar-refractivity contribution in [1.82, 2.24) is 9.97 Å². The van der Waals surface area contributed by atoms with Crippen LogP contribution in [0, 0.1) is 23.2 Å². The number of aromatic nitrogens is 2. The number of nitriles is 1. The van der Waals surface area contributed by atoms with Gasteiger partial charge in [-0.05, 0) is 37.5 Å². The molecule has 1 aliphatic rings. The SMILES string of the molecule is CC(C)C1CCC(Nc2cnc(C#N)cn2)CC1. The summed E-state index contributed by atoms with van der Waals surface area (Å²) >= 11 is 0. The van der Waals surface area contributed by atoms with Crippen molar-refractivity contribution in [1.29, 1.82) is 5.26 Å². The Bertz CT molecular complexity index is 410. The molecule has 0 saturated heterocycles. The summed E-state index contributed by atoms with van der Waals surface area (Å²) in [7, 11) is 0. The van der Waals surface area contributed by atoms with Crippen molar-refractivity contribution in [3.63, 3.8) is 0 Å². The largest absolute Gasteiger partial charge is 0.366 e. The highest BCUT2D eigenvalue weighted by Crippen LogP contribution is 2.30. The molecule has 96 valence electrons. The van der Waals surface area contributed by atoms with Crippen LogP contribution < -0.4 is 5.32 Å². The summed E-state index contributed by atoms with van der Waals surface area (Å²) in [5.41, 5.74) is 0.365. The van der Waals surface area contributed by atoms with Gasteiger partial charge in [-0.2, -0.15) is 5.26 Å². The summed E-state index contributed by atoms with van der Waals surface area (Å²) in [4.78, 5) is 8.22. The molecule has 0 radical (unpaired) electrons. The van der Waals surface area contributed by atoms with Crippen LogP contribution >= 0.6 is 0 Å². The summed E-state index contributed by atoms with van der Waals surface area (Å²) in [5.74, 6) is 2.44. The second-order valence-electron chi connectivity index (χ2n) is 5.40. The molecule has 1 fully saturated rings. The van der Waals surface area contributed by atoms with E-state index >= 15 is 0 Å². The Hall–Kier alpha value is -1.63. The normalized spacial score (nSPS) is 23.7. The summed E-state index contributed by atoms with van der Waals surface area (Å²) in [6, 6.07) is 2.48. The van der Waals surface area contributed by atoms with Gasteiger partial charge in [0, 0.05) is 6.04 Å². The molecule has 0 amide bonds. The first-order chi connectivity index (χ1) is 8.69. The average Bonchev–Trinajstić information content (AvgIpc) is 2.40. The van der Waals surface area contributed by atoms with Crippen molar-refractivity contribution < 1.29 is 0 Å². The Morgan fingerprint density at radius 1 is 1.22 bits per heavy atom. The highest BCUT2D eigenvalue weighted by atomic mass is 15.0. The Morgan fingerprint density at radius 3 is 2.44 bits per heavy atom. The van der Waals surface area contributed by atoms with Crippen LogP contribution in [-0.2, 0) is 0 Å². The first kappa shape index (κ1) is 12.8. The number of rotatable bonds is 3. The molecule has 0 atom stereocenters. The molecule has 0 bridgehead atoms. The third kappa shape index (κ3) is 3.19. The monoisotopic (exact) mass is 244 g/mol. The lowest BCUT2D eigenvalue weighted by molar-refractivity contribution is 0.266.